The maximum atomic E-state index is 13.3. The van der Waals surface area contributed by atoms with Crippen LogP contribution in [0.5, 0.6) is 0 Å². The lowest BCUT2D eigenvalue weighted by Gasteiger charge is -2.11. The van der Waals surface area contributed by atoms with Crippen molar-refractivity contribution in [2.75, 3.05) is 18.5 Å². The third-order valence-electron chi connectivity index (χ3n) is 4.16. The molecule has 2 heterocycles. The van der Waals surface area contributed by atoms with E-state index in [2.05, 4.69) is 5.32 Å². The summed E-state index contributed by atoms with van der Waals surface area (Å²) >= 11 is 1.30. The van der Waals surface area contributed by atoms with Crippen molar-refractivity contribution < 1.29 is 23.5 Å². The first-order valence-corrected chi connectivity index (χ1v) is 9.31. The molecule has 3 rings (SSSR count). The fourth-order valence-corrected chi connectivity index (χ4v) is 4.04. The maximum absolute atomic E-state index is 13.3. The average Bonchev–Trinajstić information content (AvgIpc) is 3.24. The zero-order chi connectivity index (χ0) is 18.7. The molecule has 0 radical (unpaired) electrons. The summed E-state index contributed by atoms with van der Waals surface area (Å²) in [5.74, 6) is -1.13. The van der Waals surface area contributed by atoms with Gasteiger partial charge < -0.3 is 14.8 Å². The molecule has 1 aromatic carbocycles. The highest BCUT2D eigenvalue weighted by molar-refractivity contribution is 7.17. The highest BCUT2D eigenvalue weighted by atomic mass is 32.1. The Balaban J connectivity index is 2.00. The summed E-state index contributed by atoms with van der Waals surface area (Å²) < 4.78 is 23.9. The van der Waals surface area contributed by atoms with Crippen molar-refractivity contribution in [2.45, 2.75) is 32.8 Å². The van der Waals surface area contributed by atoms with Gasteiger partial charge in [-0.25, -0.2) is 9.18 Å². The Kier molecular flexibility index (Phi) is 5.68. The topological polar surface area (TPSA) is 64.6 Å². The molecule has 1 amide bonds. The van der Waals surface area contributed by atoms with Gasteiger partial charge in [0, 0.05) is 17.0 Å². The summed E-state index contributed by atoms with van der Waals surface area (Å²) in [6.45, 7) is 4.36. The number of amides is 1. The van der Waals surface area contributed by atoms with Crippen LogP contribution in [0.25, 0.3) is 11.1 Å². The van der Waals surface area contributed by atoms with Crippen molar-refractivity contribution in [3.8, 4) is 11.1 Å². The Morgan fingerprint density at radius 1 is 1.35 bits per heavy atom. The van der Waals surface area contributed by atoms with Gasteiger partial charge in [0.05, 0.1) is 6.61 Å². The Labute approximate surface area is 155 Å². The third-order valence-corrected chi connectivity index (χ3v) is 5.18. The first-order chi connectivity index (χ1) is 12.5. The molecule has 1 atom stereocenters. The second-order valence-corrected chi connectivity index (χ2v) is 7.18. The first-order valence-electron chi connectivity index (χ1n) is 8.50. The van der Waals surface area contributed by atoms with Gasteiger partial charge in [0.1, 0.15) is 22.5 Å². The number of carbonyl (C=O) groups excluding carboxylic acids is 2. The molecular weight excluding hydrogens is 357 g/mol. The number of hydrogen-bond donors (Lipinski definition) is 1. The molecule has 0 saturated carbocycles. The minimum Gasteiger partial charge on any atom is -0.462 e. The van der Waals surface area contributed by atoms with Gasteiger partial charge in [0.15, 0.2) is 0 Å². The average molecular weight is 377 g/mol. The van der Waals surface area contributed by atoms with Crippen LogP contribution in [-0.2, 0) is 14.3 Å². The predicted molar refractivity (Wildman–Crippen MR) is 98.0 cm³/mol. The summed E-state index contributed by atoms with van der Waals surface area (Å²) in [6.07, 6.45) is 1.00. The number of carbonyl (C=O) groups is 2. The molecule has 0 aliphatic carbocycles. The summed E-state index contributed by atoms with van der Waals surface area (Å²) in [6, 6.07) is 5.90. The Morgan fingerprint density at radius 2 is 2.08 bits per heavy atom. The second-order valence-electron chi connectivity index (χ2n) is 5.96. The van der Waals surface area contributed by atoms with E-state index in [4.69, 9.17) is 9.47 Å². The predicted octanol–water partition coefficient (Wildman–Crippen LogP) is 4.16. The van der Waals surface area contributed by atoms with Crippen LogP contribution in [0.2, 0.25) is 0 Å². The van der Waals surface area contributed by atoms with Crippen LogP contribution >= 0.6 is 11.3 Å². The van der Waals surface area contributed by atoms with E-state index in [0.29, 0.717) is 34.7 Å². The van der Waals surface area contributed by atoms with Crippen molar-refractivity contribution in [1.29, 1.82) is 0 Å². The molecule has 1 fully saturated rings. The van der Waals surface area contributed by atoms with Crippen LogP contribution in [0, 0.1) is 12.7 Å². The van der Waals surface area contributed by atoms with Gasteiger partial charge in [-0.1, -0.05) is 12.1 Å². The molecule has 1 aromatic heterocycles. The number of esters is 1. The van der Waals surface area contributed by atoms with E-state index in [1.165, 1.54) is 23.5 Å². The molecule has 2 aromatic rings. The van der Waals surface area contributed by atoms with E-state index in [0.717, 1.165) is 11.3 Å². The monoisotopic (exact) mass is 377 g/mol. The van der Waals surface area contributed by atoms with E-state index in [1.54, 1.807) is 19.1 Å². The molecule has 7 heteroatoms. The Hall–Kier alpha value is -2.25. The highest BCUT2D eigenvalue weighted by Gasteiger charge is 2.29. The minimum absolute atomic E-state index is 0.218. The lowest BCUT2D eigenvalue weighted by molar-refractivity contribution is -0.124. The van der Waals surface area contributed by atoms with Crippen molar-refractivity contribution in [3.05, 3.63) is 40.5 Å². The minimum atomic E-state index is -0.515. The van der Waals surface area contributed by atoms with Gasteiger partial charge in [-0.15, -0.1) is 11.3 Å². The van der Waals surface area contributed by atoms with Crippen LogP contribution in [0.3, 0.4) is 0 Å². The van der Waals surface area contributed by atoms with Gasteiger partial charge >= 0.3 is 5.97 Å². The van der Waals surface area contributed by atoms with Crippen molar-refractivity contribution in [2.24, 2.45) is 0 Å². The molecule has 0 spiro atoms. The number of thiophene rings is 1. The smallest absolute Gasteiger partial charge is 0.341 e. The number of rotatable bonds is 5. The quantitative estimate of drug-likeness (QED) is 0.795. The summed E-state index contributed by atoms with van der Waals surface area (Å²) in [5, 5.41) is 3.25. The molecule has 1 aliphatic heterocycles. The summed E-state index contributed by atoms with van der Waals surface area (Å²) in [5.41, 5.74) is 1.64. The molecule has 0 bridgehead atoms. The molecule has 138 valence electrons. The summed E-state index contributed by atoms with van der Waals surface area (Å²) in [7, 11) is 0. The van der Waals surface area contributed by atoms with Gasteiger partial charge in [-0.05, 0) is 44.4 Å². The van der Waals surface area contributed by atoms with Crippen LogP contribution in [0.4, 0.5) is 9.39 Å². The molecule has 1 N–H and O–H groups in total. The molecular formula is C19H20FNO4S. The standard InChI is InChI=1S/C19H20FNO4S/c1-3-24-19(23)16-15(12-6-8-13(20)9-7-12)11(2)26-18(16)21-17(22)14-5-4-10-25-14/h6-9,14H,3-5,10H2,1-2H3,(H,21,22). The van der Waals surface area contributed by atoms with E-state index in [9.17, 15) is 14.0 Å². The number of nitrogens with one attached hydrogen (secondary N) is 1. The Bertz CT molecular complexity index is 810. The number of halogens is 1. The van der Waals surface area contributed by atoms with Gasteiger partial charge in [-0.3, -0.25) is 4.79 Å². The number of hydrogen-bond acceptors (Lipinski definition) is 5. The van der Waals surface area contributed by atoms with Crippen molar-refractivity contribution in [3.63, 3.8) is 0 Å². The first kappa shape index (κ1) is 18.5. The zero-order valence-electron chi connectivity index (χ0n) is 14.6. The van der Waals surface area contributed by atoms with Crippen LogP contribution in [0.15, 0.2) is 24.3 Å². The summed E-state index contributed by atoms with van der Waals surface area (Å²) in [4.78, 5) is 25.8. The molecule has 1 unspecified atom stereocenters. The normalized spacial score (nSPS) is 16.5. The van der Waals surface area contributed by atoms with Crippen LogP contribution in [-0.4, -0.2) is 31.2 Å². The molecule has 1 aliphatic rings. The molecule has 1 saturated heterocycles. The zero-order valence-corrected chi connectivity index (χ0v) is 15.5. The molecule has 5 nitrogen and oxygen atoms in total. The van der Waals surface area contributed by atoms with Gasteiger partial charge in [0.25, 0.3) is 5.91 Å². The van der Waals surface area contributed by atoms with Gasteiger partial charge in [-0.2, -0.15) is 0 Å². The lowest BCUT2D eigenvalue weighted by atomic mass is 10.0. The van der Waals surface area contributed by atoms with Crippen molar-refractivity contribution in [1.82, 2.24) is 0 Å². The third kappa shape index (κ3) is 3.78. The fourth-order valence-electron chi connectivity index (χ4n) is 2.97. The van der Waals surface area contributed by atoms with E-state index in [-0.39, 0.29) is 18.3 Å². The van der Waals surface area contributed by atoms with E-state index >= 15 is 0 Å². The number of aryl methyl sites for hydroxylation is 1. The number of ether oxygens (including phenoxy) is 2. The largest absolute Gasteiger partial charge is 0.462 e. The van der Waals surface area contributed by atoms with Gasteiger partial charge in [0.2, 0.25) is 0 Å². The lowest BCUT2D eigenvalue weighted by Crippen LogP contribution is -2.27. The van der Waals surface area contributed by atoms with E-state index < -0.39 is 12.1 Å². The SMILES string of the molecule is CCOC(=O)c1c(NC(=O)C2CCCO2)sc(C)c1-c1ccc(F)cc1. The Morgan fingerprint density at radius 3 is 2.69 bits per heavy atom. The van der Waals surface area contributed by atoms with E-state index in [1.807, 2.05) is 6.92 Å². The molecule has 26 heavy (non-hydrogen) atoms. The van der Waals surface area contributed by atoms with Crippen molar-refractivity contribution >= 4 is 28.2 Å². The van der Waals surface area contributed by atoms with Crippen LogP contribution in [0.1, 0.15) is 35.0 Å². The second kappa shape index (κ2) is 7.97. The highest BCUT2D eigenvalue weighted by Crippen LogP contribution is 2.40. The maximum Gasteiger partial charge on any atom is 0.341 e. The fraction of sp³-hybridized carbons (Fsp3) is 0.368. The number of anilines is 1. The number of benzene rings is 1. The van der Waals surface area contributed by atoms with Crippen LogP contribution < -0.4 is 5.32 Å².